The Morgan fingerprint density at radius 1 is 1.26 bits per heavy atom. The second-order valence-electron chi connectivity index (χ2n) is 8.40. The minimum absolute atomic E-state index is 0.0533. The van der Waals surface area contributed by atoms with Crippen molar-refractivity contribution in [2.75, 3.05) is 17.2 Å². The summed E-state index contributed by atoms with van der Waals surface area (Å²) < 4.78 is 41.5. The van der Waals surface area contributed by atoms with Crippen molar-refractivity contribution in [3.8, 4) is 11.3 Å². The van der Waals surface area contributed by atoms with E-state index in [0.29, 0.717) is 29.9 Å². The van der Waals surface area contributed by atoms with Gasteiger partial charge < -0.3 is 15.6 Å². The quantitative estimate of drug-likeness (QED) is 0.473. The fraction of sp³-hybridized carbons (Fsp3) is 0.375. The van der Waals surface area contributed by atoms with Crippen LogP contribution in [-0.4, -0.2) is 33.2 Å². The monoisotopic (exact) mass is 472 g/mol. The summed E-state index contributed by atoms with van der Waals surface area (Å²) >= 11 is 0. The number of benzene rings is 1. The van der Waals surface area contributed by atoms with Crippen molar-refractivity contribution in [1.29, 1.82) is 0 Å². The van der Waals surface area contributed by atoms with Gasteiger partial charge in [0.25, 0.3) is 0 Å². The van der Waals surface area contributed by atoms with Crippen LogP contribution >= 0.6 is 0 Å². The Hall–Kier alpha value is -3.56. The smallest absolute Gasteiger partial charge is 0.396 e. The summed E-state index contributed by atoms with van der Waals surface area (Å²) in [5, 5.41) is 2.94. The summed E-state index contributed by atoms with van der Waals surface area (Å²) in [6, 6.07) is 7.75. The number of pyridine rings is 1. The maximum absolute atomic E-state index is 13.2. The minimum atomic E-state index is -4.46. The van der Waals surface area contributed by atoms with E-state index in [2.05, 4.69) is 15.3 Å². The molecule has 3 aromatic rings. The lowest BCUT2D eigenvalue weighted by Gasteiger charge is -2.37. The van der Waals surface area contributed by atoms with Gasteiger partial charge in [0, 0.05) is 37.1 Å². The summed E-state index contributed by atoms with van der Waals surface area (Å²) in [6.45, 7) is 3.09. The Balaban J connectivity index is 1.53. The second kappa shape index (κ2) is 9.74. The maximum atomic E-state index is 13.2. The summed E-state index contributed by atoms with van der Waals surface area (Å²) in [4.78, 5) is 23.4. The number of nitrogen functional groups attached to an aromatic ring is 1. The molecule has 3 N–H and O–H groups in total. The van der Waals surface area contributed by atoms with Crippen molar-refractivity contribution in [3.05, 3.63) is 60.2 Å². The SMILES string of the molecule is Cc1nccn1CCCNC(=O)N(c1nc(-c2cccc(C(F)(F)F)c2)ccc1N)C1CCC1. The lowest BCUT2D eigenvalue weighted by atomic mass is 9.91. The number of alkyl halides is 3. The lowest BCUT2D eigenvalue weighted by Crippen LogP contribution is -2.50. The lowest BCUT2D eigenvalue weighted by molar-refractivity contribution is -0.137. The third-order valence-electron chi connectivity index (χ3n) is 6.05. The molecule has 0 unspecified atom stereocenters. The van der Waals surface area contributed by atoms with Gasteiger partial charge in [0.05, 0.1) is 16.9 Å². The van der Waals surface area contributed by atoms with Crippen LogP contribution in [0.3, 0.4) is 0 Å². The van der Waals surface area contributed by atoms with Crippen molar-refractivity contribution in [1.82, 2.24) is 19.9 Å². The minimum Gasteiger partial charge on any atom is -0.396 e. The van der Waals surface area contributed by atoms with Gasteiger partial charge in [-0.1, -0.05) is 12.1 Å². The summed E-state index contributed by atoms with van der Waals surface area (Å²) in [6.07, 6.45) is 2.50. The van der Waals surface area contributed by atoms with Crippen LogP contribution < -0.4 is 16.0 Å². The molecule has 0 saturated heterocycles. The van der Waals surface area contributed by atoms with Crippen LogP contribution in [0.2, 0.25) is 0 Å². The van der Waals surface area contributed by atoms with E-state index in [1.807, 2.05) is 17.7 Å². The van der Waals surface area contributed by atoms with Gasteiger partial charge in [-0.05, 0) is 56.9 Å². The Morgan fingerprint density at radius 3 is 2.71 bits per heavy atom. The van der Waals surface area contributed by atoms with Gasteiger partial charge >= 0.3 is 12.2 Å². The van der Waals surface area contributed by atoms with Crippen LogP contribution in [0, 0.1) is 6.92 Å². The molecule has 1 fully saturated rings. The predicted octanol–water partition coefficient (Wildman–Crippen LogP) is 5.01. The van der Waals surface area contributed by atoms with Crippen LogP contribution in [0.5, 0.6) is 0 Å². The third-order valence-corrected chi connectivity index (χ3v) is 6.05. The third kappa shape index (κ3) is 5.16. The first kappa shape index (κ1) is 23.6. The van der Waals surface area contributed by atoms with Crippen LogP contribution in [0.1, 0.15) is 37.1 Å². The number of carbonyl (C=O) groups excluding carboxylic acids is 1. The number of hydrogen-bond acceptors (Lipinski definition) is 4. The van der Waals surface area contributed by atoms with Crippen molar-refractivity contribution in [3.63, 3.8) is 0 Å². The number of rotatable bonds is 7. The van der Waals surface area contributed by atoms with Gasteiger partial charge in [-0.3, -0.25) is 4.90 Å². The molecule has 0 spiro atoms. The molecule has 34 heavy (non-hydrogen) atoms. The molecular formula is C24H27F3N6O. The van der Waals surface area contributed by atoms with Gasteiger partial charge in [0.15, 0.2) is 5.82 Å². The molecule has 7 nitrogen and oxygen atoms in total. The number of anilines is 2. The zero-order valence-corrected chi connectivity index (χ0v) is 18.8. The molecule has 180 valence electrons. The maximum Gasteiger partial charge on any atom is 0.416 e. The van der Waals surface area contributed by atoms with Crippen molar-refractivity contribution >= 4 is 17.5 Å². The highest BCUT2D eigenvalue weighted by Crippen LogP contribution is 2.35. The van der Waals surface area contributed by atoms with Crippen molar-refractivity contribution in [2.45, 2.75) is 51.4 Å². The molecule has 0 bridgehead atoms. The van der Waals surface area contributed by atoms with E-state index < -0.39 is 11.7 Å². The zero-order valence-electron chi connectivity index (χ0n) is 18.8. The second-order valence-corrected chi connectivity index (χ2v) is 8.40. The molecule has 2 heterocycles. The van der Waals surface area contributed by atoms with Gasteiger partial charge in [0.2, 0.25) is 0 Å². The van der Waals surface area contributed by atoms with E-state index in [0.717, 1.165) is 43.8 Å². The molecule has 1 aliphatic carbocycles. The fourth-order valence-electron chi connectivity index (χ4n) is 3.92. The summed E-state index contributed by atoms with van der Waals surface area (Å²) in [5.74, 6) is 1.17. The first-order valence-electron chi connectivity index (χ1n) is 11.2. The highest BCUT2D eigenvalue weighted by atomic mass is 19.4. The van der Waals surface area contributed by atoms with E-state index in [1.165, 1.54) is 6.07 Å². The normalized spacial score (nSPS) is 14.0. The highest BCUT2D eigenvalue weighted by molar-refractivity contribution is 5.95. The standard InChI is InChI=1S/C24H27F3N6O/c1-16-29-12-14-32(16)13-4-11-30-23(34)33(19-7-3-8-19)22-20(28)9-10-21(31-22)17-5-2-6-18(15-17)24(25,26)27/h2,5-6,9-10,12,14-15,19H,3-4,7-8,11,13,28H2,1H3,(H,30,34). The summed E-state index contributed by atoms with van der Waals surface area (Å²) in [7, 11) is 0. The topological polar surface area (TPSA) is 89.1 Å². The number of aromatic nitrogens is 3. The van der Waals surface area contributed by atoms with E-state index >= 15 is 0 Å². The molecule has 1 aliphatic rings. The number of imidazole rings is 1. The van der Waals surface area contributed by atoms with Crippen LogP contribution in [0.4, 0.5) is 29.5 Å². The average Bonchev–Trinajstić information content (AvgIpc) is 3.18. The highest BCUT2D eigenvalue weighted by Gasteiger charge is 2.33. The number of aryl methyl sites for hydroxylation is 2. The Bertz CT molecular complexity index is 1160. The molecule has 4 rings (SSSR count). The number of hydrogen-bond donors (Lipinski definition) is 2. The molecule has 0 radical (unpaired) electrons. The van der Waals surface area contributed by atoms with Crippen LogP contribution in [-0.2, 0) is 12.7 Å². The van der Waals surface area contributed by atoms with Gasteiger partial charge in [0.1, 0.15) is 5.82 Å². The molecule has 0 atom stereocenters. The van der Waals surface area contributed by atoms with E-state index in [4.69, 9.17) is 5.73 Å². The summed E-state index contributed by atoms with van der Waals surface area (Å²) in [5.41, 5.74) is 6.35. The molecule has 0 aliphatic heterocycles. The van der Waals surface area contributed by atoms with Gasteiger partial charge in [-0.25, -0.2) is 14.8 Å². The Morgan fingerprint density at radius 2 is 2.06 bits per heavy atom. The molecule has 10 heteroatoms. The molecular weight excluding hydrogens is 445 g/mol. The molecule has 2 amide bonds. The largest absolute Gasteiger partial charge is 0.416 e. The van der Waals surface area contributed by atoms with Crippen molar-refractivity contribution in [2.24, 2.45) is 0 Å². The number of nitrogens with one attached hydrogen (secondary N) is 1. The van der Waals surface area contributed by atoms with Crippen LogP contribution in [0.15, 0.2) is 48.8 Å². The number of nitrogens with two attached hydrogens (primary N) is 1. The molecule has 1 saturated carbocycles. The average molecular weight is 473 g/mol. The number of amides is 2. The van der Waals surface area contributed by atoms with Crippen LogP contribution in [0.25, 0.3) is 11.3 Å². The first-order valence-corrected chi connectivity index (χ1v) is 11.2. The number of halogens is 3. The number of carbonyl (C=O) groups is 1. The van der Waals surface area contributed by atoms with Crippen molar-refractivity contribution < 1.29 is 18.0 Å². The van der Waals surface area contributed by atoms with Gasteiger partial charge in [-0.15, -0.1) is 0 Å². The predicted molar refractivity (Wildman–Crippen MR) is 124 cm³/mol. The Labute approximate surface area is 195 Å². The number of nitrogens with zero attached hydrogens (tertiary/aromatic N) is 4. The number of urea groups is 1. The molecule has 2 aromatic heterocycles. The van der Waals surface area contributed by atoms with E-state index in [9.17, 15) is 18.0 Å². The van der Waals surface area contributed by atoms with E-state index in [-0.39, 0.29) is 17.9 Å². The Kier molecular flexibility index (Phi) is 6.76. The van der Waals surface area contributed by atoms with Gasteiger partial charge in [-0.2, -0.15) is 13.2 Å². The fourth-order valence-corrected chi connectivity index (χ4v) is 3.92. The zero-order chi connectivity index (χ0) is 24.3. The molecule has 1 aromatic carbocycles. The first-order chi connectivity index (χ1) is 16.2. The van der Waals surface area contributed by atoms with E-state index in [1.54, 1.807) is 29.3 Å².